The Morgan fingerprint density at radius 2 is 2.00 bits per heavy atom. The van der Waals surface area contributed by atoms with Gasteiger partial charge in [-0.05, 0) is 18.2 Å². The van der Waals surface area contributed by atoms with Crippen LogP contribution in [-0.2, 0) is 11.3 Å². The number of alkyl halides is 3. The SMILES string of the molecule is [O]CCOc1cccc(C(F)(F)F)c1. The van der Waals surface area contributed by atoms with Crippen LogP contribution >= 0.6 is 0 Å². The molecule has 0 saturated heterocycles. The van der Waals surface area contributed by atoms with E-state index in [4.69, 9.17) is 4.74 Å². The highest BCUT2D eigenvalue weighted by molar-refractivity contribution is 5.30. The van der Waals surface area contributed by atoms with Crippen LogP contribution in [0.15, 0.2) is 24.3 Å². The lowest BCUT2D eigenvalue weighted by molar-refractivity contribution is -0.137. The molecule has 5 heteroatoms. The van der Waals surface area contributed by atoms with Crippen molar-refractivity contribution in [1.82, 2.24) is 0 Å². The van der Waals surface area contributed by atoms with E-state index in [2.05, 4.69) is 0 Å². The van der Waals surface area contributed by atoms with Crippen LogP contribution in [0.25, 0.3) is 0 Å². The van der Waals surface area contributed by atoms with Gasteiger partial charge in [-0.2, -0.15) is 13.2 Å². The normalized spacial score (nSPS) is 11.4. The fourth-order valence-corrected chi connectivity index (χ4v) is 0.922. The lowest BCUT2D eigenvalue weighted by Gasteiger charge is -2.08. The summed E-state index contributed by atoms with van der Waals surface area (Å²) in [6.45, 7) is -0.600. The molecule has 0 fully saturated rings. The zero-order chi connectivity index (χ0) is 10.6. The lowest BCUT2D eigenvalue weighted by Crippen LogP contribution is -2.06. The molecule has 0 saturated carbocycles. The number of hydrogen-bond donors (Lipinski definition) is 0. The fraction of sp³-hybridized carbons (Fsp3) is 0.333. The Labute approximate surface area is 78.9 Å². The van der Waals surface area contributed by atoms with Gasteiger partial charge in [-0.3, -0.25) is 0 Å². The van der Waals surface area contributed by atoms with Gasteiger partial charge in [0.2, 0.25) is 0 Å². The second-order valence-electron chi connectivity index (χ2n) is 2.58. The zero-order valence-electron chi connectivity index (χ0n) is 7.17. The summed E-state index contributed by atoms with van der Waals surface area (Å²) in [5.41, 5.74) is -0.777. The van der Waals surface area contributed by atoms with Crippen LogP contribution in [-0.4, -0.2) is 13.2 Å². The molecule has 1 aromatic rings. The molecular weight excluding hydrogens is 197 g/mol. The molecule has 0 unspecified atom stereocenters. The number of benzene rings is 1. The van der Waals surface area contributed by atoms with Crippen molar-refractivity contribution < 1.29 is 23.0 Å². The zero-order valence-corrected chi connectivity index (χ0v) is 7.17. The Morgan fingerprint density at radius 3 is 2.57 bits per heavy atom. The Kier molecular flexibility index (Phi) is 3.35. The number of ether oxygens (including phenoxy) is 1. The fourth-order valence-electron chi connectivity index (χ4n) is 0.922. The van der Waals surface area contributed by atoms with E-state index in [0.29, 0.717) is 0 Å². The molecule has 1 radical (unpaired) electrons. The molecule has 0 aliphatic heterocycles. The van der Waals surface area contributed by atoms with Gasteiger partial charge in [0.05, 0.1) is 5.56 Å². The third-order valence-corrected chi connectivity index (χ3v) is 1.51. The maximum atomic E-state index is 12.2. The number of hydrogen-bond acceptors (Lipinski definition) is 1. The second kappa shape index (κ2) is 4.32. The predicted octanol–water partition coefficient (Wildman–Crippen LogP) is 2.51. The van der Waals surface area contributed by atoms with Crippen molar-refractivity contribution >= 4 is 0 Å². The number of halogens is 3. The minimum absolute atomic E-state index is 0.0654. The summed E-state index contributed by atoms with van der Waals surface area (Å²) in [5, 5.41) is 10.0. The summed E-state index contributed by atoms with van der Waals surface area (Å²) in [7, 11) is 0. The van der Waals surface area contributed by atoms with Gasteiger partial charge < -0.3 is 4.74 Å². The molecule has 1 rings (SSSR count). The van der Waals surface area contributed by atoms with E-state index in [0.717, 1.165) is 12.1 Å². The highest BCUT2D eigenvalue weighted by Gasteiger charge is 2.30. The quantitative estimate of drug-likeness (QED) is 0.745. The van der Waals surface area contributed by atoms with Crippen LogP contribution in [0.5, 0.6) is 5.75 Å². The first-order valence-corrected chi connectivity index (χ1v) is 3.92. The van der Waals surface area contributed by atoms with E-state index in [9.17, 15) is 18.3 Å². The molecule has 0 atom stereocenters. The van der Waals surface area contributed by atoms with E-state index >= 15 is 0 Å². The van der Waals surface area contributed by atoms with Crippen molar-refractivity contribution in [2.75, 3.05) is 13.2 Å². The van der Waals surface area contributed by atoms with Crippen LogP contribution < -0.4 is 4.74 Å². The van der Waals surface area contributed by atoms with Gasteiger partial charge in [0.25, 0.3) is 0 Å². The third kappa shape index (κ3) is 2.92. The minimum Gasteiger partial charge on any atom is -0.491 e. The molecule has 0 heterocycles. The third-order valence-electron chi connectivity index (χ3n) is 1.51. The molecule has 0 aliphatic carbocycles. The maximum absolute atomic E-state index is 12.2. The molecule has 14 heavy (non-hydrogen) atoms. The first-order chi connectivity index (χ1) is 6.54. The van der Waals surface area contributed by atoms with Crippen molar-refractivity contribution in [3.05, 3.63) is 29.8 Å². The predicted molar refractivity (Wildman–Crippen MR) is 42.5 cm³/mol. The standard InChI is InChI=1S/C9H8F3O2/c10-9(11,12)7-2-1-3-8(6-7)14-5-4-13/h1-3,6H,4-5H2. The van der Waals surface area contributed by atoms with Crippen molar-refractivity contribution in [2.24, 2.45) is 0 Å². The van der Waals surface area contributed by atoms with E-state index < -0.39 is 18.3 Å². The molecule has 0 amide bonds. The van der Waals surface area contributed by atoms with Gasteiger partial charge >= 0.3 is 6.18 Å². The molecule has 2 nitrogen and oxygen atoms in total. The van der Waals surface area contributed by atoms with Crippen molar-refractivity contribution in [3.8, 4) is 5.75 Å². The van der Waals surface area contributed by atoms with Gasteiger partial charge in [-0.25, -0.2) is 5.11 Å². The Morgan fingerprint density at radius 1 is 1.29 bits per heavy atom. The molecule has 0 aliphatic rings. The van der Waals surface area contributed by atoms with Crippen LogP contribution in [0.2, 0.25) is 0 Å². The summed E-state index contributed by atoms with van der Waals surface area (Å²) in [5.74, 6) is 0.0654. The first-order valence-electron chi connectivity index (χ1n) is 3.92. The van der Waals surface area contributed by atoms with E-state index in [1.165, 1.54) is 12.1 Å². The molecule has 1 aromatic carbocycles. The highest BCUT2D eigenvalue weighted by Crippen LogP contribution is 2.31. The molecule has 77 valence electrons. The molecule has 0 N–H and O–H groups in total. The second-order valence-corrected chi connectivity index (χ2v) is 2.58. The molecular formula is C9H8F3O2. The topological polar surface area (TPSA) is 29.1 Å². The molecule has 0 bridgehead atoms. The molecule has 0 spiro atoms. The Hall–Kier alpha value is -1.23. The highest BCUT2D eigenvalue weighted by atomic mass is 19.4. The maximum Gasteiger partial charge on any atom is 0.416 e. The van der Waals surface area contributed by atoms with Crippen molar-refractivity contribution in [2.45, 2.75) is 6.18 Å². The van der Waals surface area contributed by atoms with Gasteiger partial charge in [0.15, 0.2) is 0 Å². The average Bonchev–Trinajstić information content (AvgIpc) is 2.14. The first kappa shape index (κ1) is 10.8. The van der Waals surface area contributed by atoms with E-state index in [1.807, 2.05) is 0 Å². The number of rotatable bonds is 3. The minimum atomic E-state index is -4.38. The van der Waals surface area contributed by atoms with Crippen LogP contribution in [0, 0.1) is 0 Å². The van der Waals surface area contributed by atoms with Crippen molar-refractivity contribution in [1.29, 1.82) is 0 Å². The Bertz CT molecular complexity index is 296. The summed E-state index contributed by atoms with van der Waals surface area (Å²) >= 11 is 0. The van der Waals surface area contributed by atoms with Crippen LogP contribution in [0.1, 0.15) is 5.56 Å². The van der Waals surface area contributed by atoms with Gasteiger partial charge in [0, 0.05) is 0 Å². The average molecular weight is 205 g/mol. The van der Waals surface area contributed by atoms with E-state index in [1.54, 1.807) is 0 Å². The van der Waals surface area contributed by atoms with E-state index in [-0.39, 0.29) is 12.4 Å². The van der Waals surface area contributed by atoms with Gasteiger partial charge in [-0.15, -0.1) is 0 Å². The molecule has 0 aromatic heterocycles. The van der Waals surface area contributed by atoms with Crippen LogP contribution in [0.3, 0.4) is 0 Å². The summed E-state index contributed by atoms with van der Waals surface area (Å²) < 4.78 is 41.3. The monoisotopic (exact) mass is 205 g/mol. The van der Waals surface area contributed by atoms with Gasteiger partial charge in [0.1, 0.15) is 19.0 Å². The van der Waals surface area contributed by atoms with Crippen LogP contribution in [0.4, 0.5) is 13.2 Å². The summed E-state index contributed by atoms with van der Waals surface area (Å²) in [6, 6.07) is 4.44. The van der Waals surface area contributed by atoms with Gasteiger partial charge in [-0.1, -0.05) is 6.07 Å². The Balaban J connectivity index is 2.79. The lowest BCUT2D eigenvalue weighted by atomic mass is 10.2. The summed E-state index contributed by atoms with van der Waals surface area (Å²) in [4.78, 5) is 0. The summed E-state index contributed by atoms with van der Waals surface area (Å²) in [6.07, 6.45) is -4.38. The smallest absolute Gasteiger partial charge is 0.416 e. The largest absolute Gasteiger partial charge is 0.491 e. The van der Waals surface area contributed by atoms with Crippen molar-refractivity contribution in [3.63, 3.8) is 0 Å².